The van der Waals surface area contributed by atoms with E-state index >= 15 is 0 Å². The van der Waals surface area contributed by atoms with Crippen LogP contribution in [-0.4, -0.2) is 0 Å². The average molecular weight is 113 g/mol. The first-order valence-corrected chi connectivity index (χ1v) is 3.28. The molecule has 0 aliphatic carbocycles. The molecule has 0 aliphatic heterocycles. The third-order valence-corrected chi connectivity index (χ3v) is 1.87. The van der Waals surface area contributed by atoms with E-state index in [-0.39, 0.29) is 0 Å². The van der Waals surface area contributed by atoms with Crippen LogP contribution in [0.2, 0.25) is 0 Å². The lowest BCUT2D eigenvalue weighted by Gasteiger charge is -2.25. The summed E-state index contributed by atoms with van der Waals surface area (Å²) in [4.78, 5) is 0. The second-order valence-electron chi connectivity index (χ2n) is 3.49. The summed E-state index contributed by atoms with van der Waals surface area (Å²) in [6, 6.07) is 0. The summed E-state index contributed by atoms with van der Waals surface area (Å²) < 4.78 is 0. The molecule has 0 aromatic heterocycles. The van der Waals surface area contributed by atoms with Crippen molar-refractivity contribution < 1.29 is 0 Å². The molecule has 1 radical (unpaired) electrons. The van der Waals surface area contributed by atoms with Crippen molar-refractivity contribution in [3.8, 4) is 0 Å². The monoisotopic (exact) mass is 113 g/mol. The normalized spacial score (nSPS) is 16.1. The Bertz CT molecular complexity index is 56.9. The Balaban J connectivity index is 3.62. The van der Waals surface area contributed by atoms with Crippen LogP contribution in [0.5, 0.6) is 0 Å². The fraction of sp³-hybridized carbons (Fsp3) is 0.875. The molecule has 1 unspecified atom stereocenters. The van der Waals surface area contributed by atoms with Gasteiger partial charge in [-0.1, -0.05) is 34.6 Å². The van der Waals surface area contributed by atoms with Gasteiger partial charge in [-0.05, 0) is 17.8 Å². The lowest BCUT2D eigenvalue weighted by Crippen LogP contribution is -2.16. The van der Waals surface area contributed by atoms with Crippen molar-refractivity contribution >= 4 is 0 Å². The van der Waals surface area contributed by atoms with Gasteiger partial charge in [-0.15, -0.1) is 0 Å². The Hall–Kier alpha value is 0. The summed E-state index contributed by atoms with van der Waals surface area (Å²) in [6.07, 6.45) is 2.25. The Morgan fingerprint density at radius 3 is 1.62 bits per heavy atom. The van der Waals surface area contributed by atoms with Crippen molar-refractivity contribution in [1.29, 1.82) is 0 Å². The molecule has 0 amide bonds. The van der Waals surface area contributed by atoms with E-state index in [2.05, 4.69) is 41.0 Å². The van der Waals surface area contributed by atoms with Gasteiger partial charge in [0.05, 0.1) is 0 Å². The van der Waals surface area contributed by atoms with Gasteiger partial charge < -0.3 is 0 Å². The molecule has 0 bridgehead atoms. The fourth-order valence-corrected chi connectivity index (χ4v) is 0.500. The summed E-state index contributed by atoms with van der Waals surface area (Å²) >= 11 is 0. The van der Waals surface area contributed by atoms with Gasteiger partial charge in [0, 0.05) is 0 Å². The van der Waals surface area contributed by atoms with Gasteiger partial charge in [-0.25, -0.2) is 0 Å². The Morgan fingerprint density at radius 2 is 1.62 bits per heavy atom. The maximum Gasteiger partial charge on any atom is -0.0354 e. The SMILES string of the molecule is C[CH]C(C)C(C)(C)C. The molecule has 0 aromatic carbocycles. The molecule has 49 valence electrons. The highest BCUT2D eigenvalue weighted by atomic mass is 14.2. The molecule has 0 aromatic rings. The van der Waals surface area contributed by atoms with Crippen molar-refractivity contribution in [2.24, 2.45) is 11.3 Å². The number of rotatable bonds is 1. The highest BCUT2D eigenvalue weighted by molar-refractivity contribution is 4.78. The third kappa shape index (κ3) is 2.34. The zero-order chi connectivity index (χ0) is 6.78. The van der Waals surface area contributed by atoms with Crippen molar-refractivity contribution in [2.75, 3.05) is 0 Å². The van der Waals surface area contributed by atoms with Crippen LogP contribution in [0.25, 0.3) is 0 Å². The molecule has 0 heterocycles. The van der Waals surface area contributed by atoms with E-state index in [0.717, 1.165) is 5.92 Å². The quantitative estimate of drug-likeness (QED) is 0.490. The molecule has 0 nitrogen and oxygen atoms in total. The molecule has 0 fully saturated rings. The third-order valence-electron chi connectivity index (χ3n) is 1.87. The van der Waals surface area contributed by atoms with Crippen LogP contribution in [0.3, 0.4) is 0 Å². The van der Waals surface area contributed by atoms with Gasteiger partial charge in [0.1, 0.15) is 0 Å². The maximum atomic E-state index is 2.26. The second-order valence-corrected chi connectivity index (χ2v) is 3.49. The minimum absolute atomic E-state index is 0.453. The molecule has 0 saturated carbocycles. The minimum atomic E-state index is 0.453. The van der Waals surface area contributed by atoms with Crippen LogP contribution in [0.4, 0.5) is 0 Å². The van der Waals surface area contributed by atoms with E-state index in [9.17, 15) is 0 Å². The van der Waals surface area contributed by atoms with Crippen LogP contribution < -0.4 is 0 Å². The molecule has 0 rings (SSSR count). The predicted molar refractivity (Wildman–Crippen MR) is 38.6 cm³/mol. The topological polar surface area (TPSA) is 0 Å². The Labute approximate surface area is 53.3 Å². The fourth-order valence-electron chi connectivity index (χ4n) is 0.500. The van der Waals surface area contributed by atoms with Crippen LogP contribution in [0.15, 0.2) is 0 Å². The molecule has 0 saturated heterocycles. The molecule has 0 aliphatic rings. The van der Waals surface area contributed by atoms with Gasteiger partial charge in [-0.3, -0.25) is 0 Å². The zero-order valence-corrected chi connectivity index (χ0v) is 6.65. The lowest BCUT2D eigenvalue weighted by atomic mass is 9.81. The summed E-state index contributed by atoms with van der Waals surface area (Å²) in [5, 5.41) is 0. The van der Waals surface area contributed by atoms with Gasteiger partial charge in [-0.2, -0.15) is 0 Å². The van der Waals surface area contributed by atoms with Crippen LogP contribution in [0, 0.1) is 17.8 Å². The van der Waals surface area contributed by atoms with Gasteiger partial charge >= 0.3 is 0 Å². The predicted octanol–water partition coefficient (Wildman–Crippen LogP) is 2.89. The lowest BCUT2D eigenvalue weighted by molar-refractivity contribution is 0.297. The highest BCUT2D eigenvalue weighted by Crippen LogP contribution is 2.26. The van der Waals surface area contributed by atoms with E-state index in [1.807, 2.05) is 0 Å². The first kappa shape index (κ1) is 8.00. The summed E-state index contributed by atoms with van der Waals surface area (Å²) in [7, 11) is 0. The molecule has 0 N–H and O–H groups in total. The Morgan fingerprint density at radius 1 is 1.25 bits per heavy atom. The second kappa shape index (κ2) is 2.52. The smallest absolute Gasteiger partial charge is 0.0354 e. The minimum Gasteiger partial charge on any atom is -0.0620 e. The van der Waals surface area contributed by atoms with Crippen molar-refractivity contribution in [2.45, 2.75) is 34.6 Å². The van der Waals surface area contributed by atoms with Gasteiger partial charge in [0.15, 0.2) is 0 Å². The van der Waals surface area contributed by atoms with E-state index in [4.69, 9.17) is 0 Å². The van der Waals surface area contributed by atoms with E-state index in [1.54, 1.807) is 0 Å². The maximum absolute atomic E-state index is 2.26. The zero-order valence-electron chi connectivity index (χ0n) is 6.65. The van der Waals surface area contributed by atoms with E-state index in [1.165, 1.54) is 0 Å². The molecular weight excluding hydrogens is 96.1 g/mol. The Kier molecular flexibility index (Phi) is 2.52. The van der Waals surface area contributed by atoms with Gasteiger partial charge in [0.25, 0.3) is 0 Å². The standard InChI is InChI=1S/C8H17/c1-6-7(2)8(3,4)5/h6-7H,1-5H3. The molecular formula is C8H17. The van der Waals surface area contributed by atoms with Crippen molar-refractivity contribution in [1.82, 2.24) is 0 Å². The van der Waals surface area contributed by atoms with E-state index < -0.39 is 0 Å². The van der Waals surface area contributed by atoms with Crippen LogP contribution >= 0.6 is 0 Å². The first-order chi connectivity index (χ1) is 3.48. The molecule has 8 heavy (non-hydrogen) atoms. The molecule has 0 heteroatoms. The summed E-state index contributed by atoms with van der Waals surface area (Å²) in [5.41, 5.74) is 0.453. The molecule has 1 atom stereocenters. The summed E-state index contributed by atoms with van der Waals surface area (Å²) in [5.74, 6) is 0.725. The number of hydrogen-bond donors (Lipinski definition) is 0. The first-order valence-electron chi connectivity index (χ1n) is 3.28. The molecule has 0 spiro atoms. The van der Waals surface area contributed by atoms with E-state index in [0.29, 0.717) is 5.41 Å². The number of hydrogen-bond acceptors (Lipinski definition) is 0. The van der Waals surface area contributed by atoms with Gasteiger partial charge in [0.2, 0.25) is 0 Å². The van der Waals surface area contributed by atoms with Crippen molar-refractivity contribution in [3.63, 3.8) is 0 Å². The largest absolute Gasteiger partial charge is 0.0620 e. The average Bonchev–Trinajstić information content (AvgIpc) is 1.62. The van der Waals surface area contributed by atoms with Crippen LogP contribution in [0.1, 0.15) is 34.6 Å². The summed E-state index contributed by atoms with van der Waals surface area (Å²) in [6.45, 7) is 11.2. The van der Waals surface area contributed by atoms with Crippen molar-refractivity contribution in [3.05, 3.63) is 6.42 Å². The van der Waals surface area contributed by atoms with Crippen LogP contribution in [-0.2, 0) is 0 Å². The highest BCUT2D eigenvalue weighted by Gasteiger charge is 2.17.